The molecule has 0 aliphatic carbocycles. The third-order valence-electron chi connectivity index (χ3n) is 2.73. The van der Waals surface area contributed by atoms with E-state index in [-0.39, 0.29) is 17.4 Å². The Morgan fingerprint density at radius 2 is 1.90 bits per heavy atom. The normalized spacial score (nSPS) is 12.0. The summed E-state index contributed by atoms with van der Waals surface area (Å²) in [5.41, 5.74) is 0. The molecule has 0 aliphatic rings. The molecule has 0 saturated heterocycles. The Hall–Kier alpha value is -1.44. The number of aromatic nitrogens is 2. The first-order valence-corrected chi connectivity index (χ1v) is 8.32. The van der Waals surface area contributed by atoms with Gasteiger partial charge < -0.3 is 4.42 Å². The second kappa shape index (κ2) is 6.55. The summed E-state index contributed by atoms with van der Waals surface area (Å²) in [4.78, 5) is 0.167. The fourth-order valence-corrected chi connectivity index (χ4v) is 2.75. The second-order valence-electron chi connectivity index (χ2n) is 4.79. The largest absolute Gasteiger partial charge is 0.425 e. The topological polar surface area (TPSA) is 85.1 Å². The van der Waals surface area contributed by atoms with Crippen LogP contribution in [0.5, 0.6) is 0 Å². The van der Waals surface area contributed by atoms with Gasteiger partial charge in [-0.25, -0.2) is 13.1 Å². The quantitative estimate of drug-likeness (QED) is 0.879. The summed E-state index contributed by atoms with van der Waals surface area (Å²) in [6, 6.07) is 5.97. The Balaban J connectivity index is 1.94. The van der Waals surface area contributed by atoms with Crippen LogP contribution in [0.25, 0.3) is 0 Å². The van der Waals surface area contributed by atoms with Gasteiger partial charge in [0.05, 0.1) is 4.90 Å². The first kappa shape index (κ1) is 15.9. The molecular formula is C13H16ClN3O3S. The van der Waals surface area contributed by atoms with Crippen LogP contribution in [0.15, 0.2) is 33.6 Å². The molecule has 0 radical (unpaired) electrons. The van der Waals surface area contributed by atoms with Crippen molar-refractivity contribution in [3.05, 3.63) is 41.1 Å². The predicted octanol–water partition coefficient (Wildman–Crippen LogP) is 2.37. The molecule has 8 heteroatoms. The van der Waals surface area contributed by atoms with Crippen molar-refractivity contribution in [1.82, 2.24) is 14.9 Å². The zero-order valence-corrected chi connectivity index (χ0v) is 13.3. The molecule has 2 aromatic rings. The molecule has 1 heterocycles. The third kappa shape index (κ3) is 4.26. The van der Waals surface area contributed by atoms with Crippen LogP contribution in [0, 0.1) is 0 Å². The summed E-state index contributed by atoms with van der Waals surface area (Å²) in [7, 11) is -3.56. The van der Waals surface area contributed by atoms with Crippen LogP contribution in [-0.4, -0.2) is 25.2 Å². The van der Waals surface area contributed by atoms with Crippen molar-refractivity contribution in [2.45, 2.75) is 31.1 Å². The molecule has 6 nitrogen and oxygen atoms in total. The lowest BCUT2D eigenvalue weighted by Gasteiger charge is -2.05. The van der Waals surface area contributed by atoms with Gasteiger partial charge in [0.25, 0.3) is 0 Å². The number of halogens is 1. The smallest absolute Gasteiger partial charge is 0.240 e. The molecule has 2 rings (SSSR count). The predicted molar refractivity (Wildman–Crippen MR) is 78.7 cm³/mol. The highest BCUT2D eigenvalue weighted by Gasteiger charge is 2.14. The average Bonchev–Trinajstić information content (AvgIpc) is 2.88. The van der Waals surface area contributed by atoms with Crippen LogP contribution in [0.3, 0.4) is 0 Å². The van der Waals surface area contributed by atoms with Gasteiger partial charge in [0.15, 0.2) is 0 Å². The minimum atomic E-state index is -3.56. The van der Waals surface area contributed by atoms with Crippen LogP contribution < -0.4 is 4.72 Å². The monoisotopic (exact) mass is 329 g/mol. The Morgan fingerprint density at radius 3 is 2.48 bits per heavy atom. The van der Waals surface area contributed by atoms with Crippen molar-refractivity contribution in [3.63, 3.8) is 0 Å². The lowest BCUT2D eigenvalue weighted by Crippen LogP contribution is -2.26. The van der Waals surface area contributed by atoms with E-state index in [0.29, 0.717) is 23.2 Å². The van der Waals surface area contributed by atoms with Gasteiger partial charge in [-0.2, -0.15) is 0 Å². The van der Waals surface area contributed by atoms with Crippen molar-refractivity contribution >= 4 is 21.6 Å². The summed E-state index contributed by atoms with van der Waals surface area (Å²) in [6.07, 6.45) is 0.340. The Bertz CT molecular complexity index is 696. The molecule has 1 aromatic heterocycles. The van der Waals surface area contributed by atoms with E-state index in [1.807, 2.05) is 13.8 Å². The van der Waals surface area contributed by atoms with Gasteiger partial charge in [-0.05, 0) is 24.3 Å². The highest BCUT2D eigenvalue weighted by atomic mass is 35.5. The summed E-state index contributed by atoms with van der Waals surface area (Å²) in [5, 5.41) is 8.25. The summed E-state index contributed by atoms with van der Waals surface area (Å²) >= 11 is 5.73. The number of sulfonamides is 1. The molecule has 0 unspecified atom stereocenters. The number of nitrogens with one attached hydrogen (secondary N) is 1. The minimum Gasteiger partial charge on any atom is -0.425 e. The molecule has 0 saturated carbocycles. The highest BCUT2D eigenvalue weighted by Crippen LogP contribution is 2.14. The average molecular weight is 330 g/mol. The highest BCUT2D eigenvalue weighted by molar-refractivity contribution is 7.89. The van der Waals surface area contributed by atoms with Crippen molar-refractivity contribution in [1.29, 1.82) is 0 Å². The number of hydrogen-bond donors (Lipinski definition) is 1. The fraction of sp³-hybridized carbons (Fsp3) is 0.385. The van der Waals surface area contributed by atoms with E-state index >= 15 is 0 Å². The lowest BCUT2D eigenvalue weighted by atomic mass is 10.2. The van der Waals surface area contributed by atoms with E-state index < -0.39 is 10.0 Å². The van der Waals surface area contributed by atoms with Gasteiger partial charge in [-0.3, -0.25) is 0 Å². The minimum absolute atomic E-state index is 0.150. The maximum absolute atomic E-state index is 12.0. The Labute approximate surface area is 128 Å². The molecule has 0 spiro atoms. The van der Waals surface area contributed by atoms with Crippen molar-refractivity contribution in [2.75, 3.05) is 6.54 Å². The lowest BCUT2D eigenvalue weighted by molar-refractivity contribution is 0.431. The first-order valence-electron chi connectivity index (χ1n) is 6.46. The van der Waals surface area contributed by atoms with E-state index in [9.17, 15) is 8.42 Å². The maximum Gasteiger partial charge on any atom is 0.240 e. The molecule has 1 aromatic carbocycles. The van der Waals surface area contributed by atoms with Crippen LogP contribution in [0.1, 0.15) is 31.5 Å². The van der Waals surface area contributed by atoms with Crippen molar-refractivity contribution in [3.8, 4) is 0 Å². The van der Waals surface area contributed by atoms with Gasteiger partial charge in [0.2, 0.25) is 21.8 Å². The third-order valence-corrected chi connectivity index (χ3v) is 4.46. The summed E-state index contributed by atoms with van der Waals surface area (Å²) < 4.78 is 31.9. The standard InChI is InChI=1S/C13H16ClN3O3S/c1-9(2)13-17-16-12(20-13)7-8-15-21(18,19)11-5-3-10(14)4-6-11/h3-6,9,15H,7-8H2,1-2H3. The maximum atomic E-state index is 12.0. The van der Waals surface area contributed by atoms with E-state index in [0.717, 1.165) is 0 Å². The second-order valence-corrected chi connectivity index (χ2v) is 6.99. The van der Waals surface area contributed by atoms with Gasteiger partial charge in [-0.15, -0.1) is 10.2 Å². The number of nitrogens with zero attached hydrogens (tertiary/aromatic N) is 2. The van der Waals surface area contributed by atoms with Gasteiger partial charge >= 0.3 is 0 Å². The molecule has 1 N–H and O–H groups in total. The van der Waals surface area contributed by atoms with E-state index in [1.54, 1.807) is 0 Å². The first-order chi connectivity index (χ1) is 9.88. The van der Waals surface area contributed by atoms with E-state index in [2.05, 4.69) is 14.9 Å². The number of rotatable bonds is 6. The molecule has 114 valence electrons. The molecular weight excluding hydrogens is 314 g/mol. The van der Waals surface area contributed by atoms with Crippen LogP contribution in [0.2, 0.25) is 5.02 Å². The van der Waals surface area contributed by atoms with Gasteiger partial charge in [0, 0.05) is 23.9 Å². The van der Waals surface area contributed by atoms with Crippen molar-refractivity contribution < 1.29 is 12.8 Å². The summed E-state index contributed by atoms with van der Waals surface area (Å²) in [5.74, 6) is 1.11. The van der Waals surface area contributed by atoms with Crippen LogP contribution in [-0.2, 0) is 16.4 Å². The van der Waals surface area contributed by atoms with Gasteiger partial charge in [0.1, 0.15) is 0 Å². The molecule has 0 aliphatic heterocycles. The van der Waals surface area contributed by atoms with Gasteiger partial charge in [-0.1, -0.05) is 25.4 Å². The van der Waals surface area contributed by atoms with Crippen molar-refractivity contribution in [2.24, 2.45) is 0 Å². The molecule has 0 amide bonds. The zero-order chi connectivity index (χ0) is 15.5. The fourth-order valence-electron chi connectivity index (χ4n) is 1.59. The Morgan fingerprint density at radius 1 is 1.24 bits per heavy atom. The molecule has 21 heavy (non-hydrogen) atoms. The molecule has 0 bridgehead atoms. The molecule has 0 atom stereocenters. The number of hydrogen-bond acceptors (Lipinski definition) is 5. The molecule has 0 fully saturated rings. The summed E-state index contributed by atoms with van der Waals surface area (Å²) in [6.45, 7) is 4.08. The van der Waals surface area contributed by atoms with E-state index in [4.69, 9.17) is 16.0 Å². The van der Waals surface area contributed by atoms with Crippen LogP contribution >= 0.6 is 11.6 Å². The Kier molecular flexibility index (Phi) is 4.97. The van der Waals surface area contributed by atoms with Crippen LogP contribution in [0.4, 0.5) is 0 Å². The number of benzene rings is 1. The SMILES string of the molecule is CC(C)c1nnc(CCNS(=O)(=O)c2ccc(Cl)cc2)o1. The zero-order valence-electron chi connectivity index (χ0n) is 11.7. The van der Waals surface area contributed by atoms with E-state index in [1.165, 1.54) is 24.3 Å².